The number of rotatable bonds is 6. The first-order chi connectivity index (χ1) is 7.92. The van der Waals surface area contributed by atoms with Crippen molar-refractivity contribution in [1.29, 1.82) is 0 Å². The van der Waals surface area contributed by atoms with Gasteiger partial charge in [0.25, 0.3) is 0 Å². The third-order valence-corrected chi connectivity index (χ3v) is 4.34. The first kappa shape index (κ1) is 12.4. The number of unbranched alkanes of at least 4 members (excludes halogenated alkanes) is 4. The van der Waals surface area contributed by atoms with E-state index in [4.69, 9.17) is 0 Å². The fourth-order valence-corrected chi connectivity index (χ4v) is 3.36. The van der Waals surface area contributed by atoms with Gasteiger partial charge in [-0.3, -0.25) is 4.90 Å². The second-order valence-electron chi connectivity index (χ2n) is 5.58. The van der Waals surface area contributed by atoms with E-state index in [-0.39, 0.29) is 0 Å². The summed E-state index contributed by atoms with van der Waals surface area (Å²) in [5, 5.41) is 3.56. The van der Waals surface area contributed by atoms with E-state index in [1.165, 1.54) is 71.1 Å². The SMILES string of the molecule is CCCCCCCN1CCCC2CNCC21. The summed E-state index contributed by atoms with van der Waals surface area (Å²) in [4.78, 5) is 2.76. The maximum atomic E-state index is 3.56. The number of piperidine rings is 1. The fraction of sp³-hybridized carbons (Fsp3) is 1.00. The molecule has 0 amide bonds. The molecule has 2 aliphatic heterocycles. The molecule has 2 nitrogen and oxygen atoms in total. The lowest BCUT2D eigenvalue weighted by molar-refractivity contribution is 0.122. The van der Waals surface area contributed by atoms with Crippen LogP contribution in [0.4, 0.5) is 0 Å². The predicted octanol–water partition coefficient (Wildman–Crippen LogP) is 2.64. The predicted molar refractivity (Wildman–Crippen MR) is 69.7 cm³/mol. The van der Waals surface area contributed by atoms with Crippen LogP contribution in [-0.4, -0.2) is 37.1 Å². The maximum absolute atomic E-state index is 3.56. The highest BCUT2D eigenvalue weighted by Gasteiger charge is 2.34. The smallest absolute Gasteiger partial charge is 0.0260 e. The van der Waals surface area contributed by atoms with Crippen molar-refractivity contribution in [3.63, 3.8) is 0 Å². The Bertz CT molecular complexity index is 193. The molecule has 0 aromatic rings. The van der Waals surface area contributed by atoms with E-state index >= 15 is 0 Å². The Labute approximate surface area is 101 Å². The van der Waals surface area contributed by atoms with Gasteiger partial charge in [-0.25, -0.2) is 0 Å². The molecule has 0 bridgehead atoms. The van der Waals surface area contributed by atoms with Crippen LogP contribution in [0.3, 0.4) is 0 Å². The van der Waals surface area contributed by atoms with E-state index in [0.29, 0.717) is 0 Å². The van der Waals surface area contributed by atoms with Crippen LogP contribution < -0.4 is 5.32 Å². The molecule has 0 aromatic carbocycles. The molecule has 16 heavy (non-hydrogen) atoms. The number of hydrogen-bond acceptors (Lipinski definition) is 2. The van der Waals surface area contributed by atoms with E-state index < -0.39 is 0 Å². The third kappa shape index (κ3) is 3.21. The minimum Gasteiger partial charge on any atom is -0.315 e. The molecule has 2 rings (SSSR count). The number of fused-ring (bicyclic) bond motifs is 1. The van der Waals surface area contributed by atoms with Crippen molar-refractivity contribution in [3.8, 4) is 0 Å². The molecule has 0 spiro atoms. The van der Waals surface area contributed by atoms with Crippen LogP contribution >= 0.6 is 0 Å². The Morgan fingerprint density at radius 2 is 2.00 bits per heavy atom. The highest BCUT2D eigenvalue weighted by Crippen LogP contribution is 2.26. The van der Waals surface area contributed by atoms with Gasteiger partial charge in [-0.05, 0) is 44.8 Å². The molecule has 2 fully saturated rings. The molecule has 2 atom stereocenters. The van der Waals surface area contributed by atoms with Crippen LogP contribution in [0, 0.1) is 5.92 Å². The molecule has 0 saturated carbocycles. The van der Waals surface area contributed by atoms with Crippen molar-refractivity contribution >= 4 is 0 Å². The summed E-state index contributed by atoms with van der Waals surface area (Å²) in [5.74, 6) is 0.962. The molecule has 0 aromatic heterocycles. The molecular formula is C14H28N2. The zero-order valence-electron chi connectivity index (χ0n) is 10.9. The van der Waals surface area contributed by atoms with E-state index in [2.05, 4.69) is 17.1 Å². The van der Waals surface area contributed by atoms with Gasteiger partial charge in [0, 0.05) is 12.6 Å². The second kappa shape index (κ2) is 6.61. The molecule has 2 heteroatoms. The van der Waals surface area contributed by atoms with Crippen molar-refractivity contribution in [2.45, 2.75) is 57.9 Å². The monoisotopic (exact) mass is 224 g/mol. The summed E-state index contributed by atoms with van der Waals surface area (Å²) >= 11 is 0. The number of nitrogens with zero attached hydrogens (tertiary/aromatic N) is 1. The topological polar surface area (TPSA) is 15.3 Å². The van der Waals surface area contributed by atoms with Gasteiger partial charge in [0.1, 0.15) is 0 Å². The van der Waals surface area contributed by atoms with Crippen molar-refractivity contribution in [2.24, 2.45) is 5.92 Å². The van der Waals surface area contributed by atoms with Crippen LogP contribution in [0.1, 0.15) is 51.9 Å². The summed E-state index contributed by atoms with van der Waals surface area (Å²) in [6.07, 6.45) is 9.98. The molecule has 2 heterocycles. The summed E-state index contributed by atoms with van der Waals surface area (Å²) in [6, 6.07) is 0.875. The Hall–Kier alpha value is -0.0800. The third-order valence-electron chi connectivity index (χ3n) is 4.34. The van der Waals surface area contributed by atoms with E-state index in [9.17, 15) is 0 Å². The van der Waals surface area contributed by atoms with Gasteiger partial charge < -0.3 is 5.32 Å². The standard InChI is InChI=1S/C14H28N2/c1-2-3-4-5-6-9-16-10-7-8-13-11-15-12-14(13)16/h13-15H,2-12H2,1H3. The van der Waals surface area contributed by atoms with Crippen molar-refractivity contribution in [3.05, 3.63) is 0 Å². The molecule has 1 N–H and O–H groups in total. The number of likely N-dealkylation sites (tertiary alicyclic amines) is 1. The number of nitrogens with one attached hydrogen (secondary N) is 1. The second-order valence-corrected chi connectivity index (χ2v) is 5.58. The average Bonchev–Trinajstić information content (AvgIpc) is 2.77. The minimum atomic E-state index is 0.875. The van der Waals surface area contributed by atoms with E-state index in [0.717, 1.165) is 12.0 Å². The van der Waals surface area contributed by atoms with E-state index in [1.807, 2.05) is 0 Å². The normalized spacial score (nSPS) is 30.6. The molecular weight excluding hydrogens is 196 g/mol. The van der Waals surface area contributed by atoms with Crippen LogP contribution in [0.25, 0.3) is 0 Å². The molecule has 0 radical (unpaired) electrons. The van der Waals surface area contributed by atoms with Crippen molar-refractivity contribution in [2.75, 3.05) is 26.2 Å². The molecule has 0 aliphatic carbocycles. The fourth-order valence-electron chi connectivity index (χ4n) is 3.36. The first-order valence-electron chi connectivity index (χ1n) is 7.36. The molecule has 2 saturated heterocycles. The molecule has 2 aliphatic rings. The Morgan fingerprint density at radius 1 is 1.12 bits per heavy atom. The van der Waals surface area contributed by atoms with Gasteiger partial charge in [-0.15, -0.1) is 0 Å². The van der Waals surface area contributed by atoms with Crippen LogP contribution in [-0.2, 0) is 0 Å². The Balaban J connectivity index is 1.64. The highest BCUT2D eigenvalue weighted by atomic mass is 15.2. The summed E-state index contributed by atoms with van der Waals surface area (Å²) in [7, 11) is 0. The molecule has 2 unspecified atom stereocenters. The zero-order valence-corrected chi connectivity index (χ0v) is 10.9. The van der Waals surface area contributed by atoms with Crippen molar-refractivity contribution < 1.29 is 0 Å². The Morgan fingerprint density at radius 3 is 2.88 bits per heavy atom. The van der Waals surface area contributed by atoms with Gasteiger partial charge in [-0.2, -0.15) is 0 Å². The van der Waals surface area contributed by atoms with Crippen LogP contribution in [0.5, 0.6) is 0 Å². The van der Waals surface area contributed by atoms with E-state index in [1.54, 1.807) is 0 Å². The number of hydrogen-bond donors (Lipinski definition) is 1. The lowest BCUT2D eigenvalue weighted by Gasteiger charge is -2.37. The lowest BCUT2D eigenvalue weighted by atomic mass is 9.92. The van der Waals surface area contributed by atoms with Gasteiger partial charge >= 0.3 is 0 Å². The molecule has 94 valence electrons. The summed E-state index contributed by atoms with van der Waals surface area (Å²) in [6.45, 7) is 7.53. The summed E-state index contributed by atoms with van der Waals surface area (Å²) < 4.78 is 0. The van der Waals surface area contributed by atoms with Gasteiger partial charge in [-0.1, -0.05) is 32.6 Å². The summed E-state index contributed by atoms with van der Waals surface area (Å²) in [5.41, 5.74) is 0. The highest BCUT2D eigenvalue weighted by molar-refractivity contribution is 4.91. The van der Waals surface area contributed by atoms with Crippen LogP contribution in [0.2, 0.25) is 0 Å². The van der Waals surface area contributed by atoms with Crippen molar-refractivity contribution in [1.82, 2.24) is 10.2 Å². The Kier molecular flexibility index (Phi) is 5.11. The lowest BCUT2D eigenvalue weighted by Crippen LogP contribution is -2.45. The maximum Gasteiger partial charge on any atom is 0.0260 e. The first-order valence-corrected chi connectivity index (χ1v) is 7.36. The van der Waals surface area contributed by atoms with Gasteiger partial charge in [0.05, 0.1) is 0 Å². The van der Waals surface area contributed by atoms with Crippen LogP contribution in [0.15, 0.2) is 0 Å². The largest absolute Gasteiger partial charge is 0.315 e. The minimum absolute atomic E-state index is 0.875. The zero-order chi connectivity index (χ0) is 11.2. The average molecular weight is 224 g/mol. The van der Waals surface area contributed by atoms with Gasteiger partial charge in [0.2, 0.25) is 0 Å². The van der Waals surface area contributed by atoms with Gasteiger partial charge in [0.15, 0.2) is 0 Å². The quantitative estimate of drug-likeness (QED) is 0.698.